The predicted octanol–water partition coefficient (Wildman–Crippen LogP) is 5.39. The fourth-order valence-electron chi connectivity index (χ4n) is 8.08. The lowest BCUT2D eigenvalue weighted by atomic mass is 9.89. The Morgan fingerprint density at radius 2 is 1.77 bits per heavy atom. The number of anilines is 3. The van der Waals surface area contributed by atoms with Gasteiger partial charge in [0.1, 0.15) is 41.4 Å². The molecule has 0 aliphatic carbocycles. The van der Waals surface area contributed by atoms with Crippen molar-refractivity contribution in [2.45, 2.75) is 44.6 Å². The summed E-state index contributed by atoms with van der Waals surface area (Å²) in [5.41, 5.74) is 1.98. The summed E-state index contributed by atoms with van der Waals surface area (Å²) in [6, 6.07) is 17.3. The molecule has 332 valence electrons. The van der Waals surface area contributed by atoms with Crippen LogP contribution in [-0.2, 0) is 14.4 Å². The molecule has 3 aromatic carbocycles. The minimum atomic E-state index is -0.726. The molecular weight excluding hydrogens is 845 g/mol. The topological polar surface area (TPSA) is 181 Å². The Labute approximate surface area is 372 Å². The number of hydrogen-bond acceptors (Lipinski definition) is 14. The van der Waals surface area contributed by atoms with Crippen LogP contribution >= 0.6 is 12.1 Å². The second-order valence-electron chi connectivity index (χ2n) is 15.9. The molecule has 8 rings (SSSR count). The summed E-state index contributed by atoms with van der Waals surface area (Å²) in [5, 5.41) is 15.5. The Morgan fingerprint density at radius 3 is 2.47 bits per heavy atom. The molecule has 5 aromatic rings. The highest BCUT2D eigenvalue weighted by atomic mass is 32.2. The number of imide groups is 1. The van der Waals surface area contributed by atoms with E-state index < -0.39 is 17.8 Å². The Balaban J connectivity index is 0.835. The largest absolute Gasteiger partial charge is 0.453 e. The highest BCUT2D eigenvalue weighted by Crippen LogP contribution is 2.35. The second-order valence-corrected chi connectivity index (χ2v) is 16.9. The zero-order valence-electron chi connectivity index (χ0n) is 35.4. The van der Waals surface area contributed by atoms with Gasteiger partial charge >= 0.3 is 0 Å². The number of nitrogens with zero attached hydrogens (tertiary/aromatic N) is 8. The molecule has 1 unspecified atom stereocenters. The maximum atomic E-state index is 15.2. The van der Waals surface area contributed by atoms with Crippen LogP contribution in [0.2, 0.25) is 0 Å². The first kappa shape index (κ1) is 44.0. The number of fused-ring (bicyclic) bond motifs is 1. The summed E-state index contributed by atoms with van der Waals surface area (Å²) in [5.74, 6) is -1.12. The smallest absolute Gasteiger partial charge is 0.265 e. The number of likely N-dealkylation sites (tertiary alicyclic amines) is 1. The number of amides is 3. The average molecular weight is 892 g/mol. The van der Waals surface area contributed by atoms with Gasteiger partial charge in [-0.05, 0) is 105 Å². The molecule has 3 aliphatic heterocycles. The molecule has 3 amide bonds. The highest BCUT2D eigenvalue weighted by Gasteiger charge is 2.29. The average Bonchev–Trinajstić information content (AvgIpc) is 3.30. The number of hydrogen-bond donors (Lipinski definition) is 3. The summed E-state index contributed by atoms with van der Waals surface area (Å²) < 4.78 is 42.5. The maximum absolute atomic E-state index is 15.2. The summed E-state index contributed by atoms with van der Waals surface area (Å²) in [4.78, 5) is 65.9. The van der Waals surface area contributed by atoms with Gasteiger partial charge < -0.3 is 24.6 Å². The molecule has 0 radical (unpaired) electrons. The van der Waals surface area contributed by atoms with Crippen LogP contribution < -0.4 is 30.6 Å². The third kappa shape index (κ3) is 9.78. The number of halogens is 2. The van der Waals surface area contributed by atoms with Gasteiger partial charge in [0.15, 0.2) is 11.6 Å². The molecule has 3 fully saturated rings. The van der Waals surface area contributed by atoms with E-state index in [1.54, 1.807) is 36.5 Å². The van der Waals surface area contributed by atoms with E-state index in [1.165, 1.54) is 47.3 Å². The van der Waals surface area contributed by atoms with Crippen LogP contribution in [0.15, 0.2) is 78.0 Å². The second kappa shape index (κ2) is 19.4. The SMILES string of the molecule is CCN(C)SNc1ccc(F)c(Oc2ccc3ncn(-c4ccc(N5CCN(C(=O)CN6CCC(c7ccc(NC8CCC(=O)NC8=O)cc7F)CC6)CC5)nc4)c(=O)c3c2)c1C#N. The van der Waals surface area contributed by atoms with Gasteiger partial charge in [0.25, 0.3) is 5.56 Å². The molecule has 3 aliphatic rings. The third-order valence-corrected chi connectivity index (χ3v) is 12.7. The van der Waals surface area contributed by atoms with Gasteiger partial charge in [-0.1, -0.05) is 13.0 Å². The molecule has 3 N–H and O–H groups in total. The first-order valence-electron chi connectivity index (χ1n) is 21.1. The number of nitrogens with one attached hydrogen (secondary N) is 3. The van der Waals surface area contributed by atoms with Gasteiger partial charge in [0.05, 0.1) is 35.0 Å². The minimum absolute atomic E-state index is 0.0168. The first-order chi connectivity index (χ1) is 31.0. The van der Waals surface area contributed by atoms with Crippen molar-refractivity contribution in [3.8, 4) is 23.3 Å². The van der Waals surface area contributed by atoms with Gasteiger partial charge in [-0.15, -0.1) is 0 Å². The van der Waals surface area contributed by atoms with Gasteiger partial charge in [0.2, 0.25) is 17.7 Å². The van der Waals surface area contributed by atoms with E-state index in [2.05, 4.69) is 35.1 Å². The van der Waals surface area contributed by atoms with Crippen molar-refractivity contribution in [3.05, 3.63) is 106 Å². The van der Waals surface area contributed by atoms with Crippen molar-refractivity contribution in [2.75, 3.05) is 74.3 Å². The van der Waals surface area contributed by atoms with Crippen molar-refractivity contribution in [3.63, 3.8) is 0 Å². The van der Waals surface area contributed by atoms with Crippen molar-refractivity contribution in [1.29, 1.82) is 5.26 Å². The summed E-state index contributed by atoms with van der Waals surface area (Å²) in [6.07, 6.45) is 5.03. The van der Waals surface area contributed by atoms with Crippen LogP contribution in [-0.4, -0.2) is 112 Å². The van der Waals surface area contributed by atoms with Crippen molar-refractivity contribution in [1.82, 2.24) is 34.0 Å². The van der Waals surface area contributed by atoms with Gasteiger partial charge in [0, 0.05) is 57.0 Å². The Bertz CT molecular complexity index is 2660. The van der Waals surface area contributed by atoms with Crippen LogP contribution in [0.4, 0.5) is 26.0 Å². The molecule has 5 heterocycles. The number of aromatic nitrogens is 3. The van der Waals surface area contributed by atoms with E-state index in [9.17, 15) is 24.4 Å². The van der Waals surface area contributed by atoms with E-state index in [4.69, 9.17) is 4.74 Å². The molecular formula is C45H47F2N11O5S. The number of ether oxygens (including phenoxy) is 1. The van der Waals surface area contributed by atoms with Gasteiger partial charge in [-0.3, -0.25) is 34.0 Å². The number of carbonyl (C=O) groups is 3. The van der Waals surface area contributed by atoms with E-state index in [1.807, 2.05) is 35.3 Å². The van der Waals surface area contributed by atoms with Crippen LogP contribution in [0.25, 0.3) is 16.6 Å². The number of carbonyl (C=O) groups excluding carboxylic acids is 3. The van der Waals surface area contributed by atoms with Crippen molar-refractivity contribution < 1.29 is 27.9 Å². The third-order valence-electron chi connectivity index (χ3n) is 11.9. The molecule has 2 aromatic heterocycles. The zero-order valence-corrected chi connectivity index (χ0v) is 36.2. The first-order valence-corrected chi connectivity index (χ1v) is 21.9. The molecule has 1 atom stereocenters. The van der Waals surface area contributed by atoms with Crippen molar-refractivity contribution >= 4 is 58.0 Å². The Kier molecular flexibility index (Phi) is 13.3. The molecule has 16 nitrogen and oxygen atoms in total. The fraction of sp³-hybridized carbons (Fsp3) is 0.356. The number of benzene rings is 3. The standard InChI is InChI=1S/C45H47F2N11O5S/c1-3-54(2)64-53-38-10-8-35(46)43(34(38)24-48)63-31-6-9-37-33(23-31)45(62)58(27-50-37)30-5-12-40(49-25-30)56-18-20-57(21-19-56)42(60)26-55-16-14-28(15-17-55)32-7-4-29(22-36(32)47)51-39-11-13-41(59)52-44(39)61/h4-10,12,22-23,25,27-28,39,51,53H,3,11,13-21,26H2,1-2H3,(H,52,59,61). The monoisotopic (exact) mass is 891 g/mol. The molecule has 64 heavy (non-hydrogen) atoms. The van der Waals surface area contributed by atoms with Gasteiger partial charge in [-0.25, -0.2) is 23.1 Å². The zero-order chi connectivity index (χ0) is 44.9. The van der Waals surface area contributed by atoms with E-state index in [-0.39, 0.29) is 64.5 Å². The molecule has 3 saturated heterocycles. The lowest BCUT2D eigenvalue weighted by molar-refractivity contribution is -0.134. The Morgan fingerprint density at radius 1 is 0.969 bits per heavy atom. The quantitative estimate of drug-likeness (QED) is 0.101. The number of nitriles is 1. The number of piperidine rings is 2. The minimum Gasteiger partial charge on any atom is -0.453 e. The van der Waals surface area contributed by atoms with Gasteiger partial charge in [-0.2, -0.15) is 5.26 Å². The summed E-state index contributed by atoms with van der Waals surface area (Å²) in [6.45, 7) is 6.54. The maximum Gasteiger partial charge on any atom is 0.265 e. The molecule has 0 saturated carbocycles. The van der Waals surface area contributed by atoms with Crippen LogP contribution in [0, 0.1) is 23.0 Å². The predicted molar refractivity (Wildman–Crippen MR) is 239 cm³/mol. The normalized spacial score (nSPS) is 17.3. The van der Waals surface area contributed by atoms with Crippen LogP contribution in [0.1, 0.15) is 49.7 Å². The Hall–Kier alpha value is -6.62. The highest BCUT2D eigenvalue weighted by molar-refractivity contribution is 7.98. The molecule has 0 bridgehead atoms. The van der Waals surface area contributed by atoms with Crippen molar-refractivity contribution in [2.24, 2.45) is 0 Å². The number of pyridine rings is 1. The molecule has 0 spiro atoms. The fourth-order valence-corrected chi connectivity index (χ4v) is 8.63. The lowest BCUT2D eigenvalue weighted by Crippen LogP contribution is -2.52. The molecule has 19 heteroatoms. The number of rotatable bonds is 13. The lowest BCUT2D eigenvalue weighted by Gasteiger charge is -2.37. The summed E-state index contributed by atoms with van der Waals surface area (Å²) in [7, 11) is 1.87. The summed E-state index contributed by atoms with van der Waals surface area (Å²) >= 11 is 1.26. The van der Waals surface area contributed by atoms with E-state index in [0.717, 1.165) is 6.54 Å². The van der Waals surface area contributed by atoms with Crippen LogP contribution in [0.3, 0.4) is 0 Å². The van der Waals surface area contributed by atoms with E-state index in [0.29, 0.717) is 92.5 Å². The number of piperazine rings is 1. The van der Waals surface area contributed by atoms with E-state index >= 15 is 8.78 Å². The van der Waals surface area contributed by atoms with Crippen LogP contribution in [0.5, 0.6) is 11.5 Å².